The summed E-state index contributed by atoms with van der Waals surface area (Å²) < 4.78 is 5.73. The Morgan fingerprint density at radius 2 is 1.91 bits per heavy atom. The third kappa shape index (κ3) is 4.85. The maximum Gasteiger partial charge on any atom is 0.291 e. The van der Waals surface area contributed by atoms with Gasteiger partial charge in [0.15, 0.2) is 5.76 Å². The molecule has 176 valence electrons. The third-order valence-corrected chi connectivity index (χ3v) is 6.36. The van der Waals surface area contributed by atoms with Crippen LogP contribution in [0.4, 0.5) is 17.1 Å². The summed E-state index contributed by atoms with van der Waals surface area (Å²) in [6.07, 6.45) is 1.72. The van der Waals surface area contributed by atoms with Crippen molar-refractivity contribution in [2.24, 2.45) is 5.18 Å². The Bertz CT molecular complexity index is 1200. The van der Waals surface area contributed by atoms with E-state index < -0.39 is 0 Å². The van der Waals surface area contributed by atoms with E-state index in [9.17, 15) is 14.5 Å². The topological polar surface area (TPSA) is 95.2 Å². The molecule has 1 aliphatic heterocycles. The first kappa shape index (κ1) is 23.2. The quantitative estimate of drug-likeness (QED) is 0.488. The molecule has 0 aliphatic carbocycles. The fourth-order valence-corrected chi connectivity index (χ4v) is 4.18. The number of amides is 2. The Hall–Kier alpha value is -3.94. The summed E-state index contributed by atoms with van der Waals surface area (Å²) in [5.74, 6) is 0.249. The number of carbonyl (C=O) groups is 2. The zero-order valence-electron chi connectivity index (χ0n) is 19.6. The molecule has 1 saturated heterocycles. The van der Waals surface area contributed by atoms with Crippen LogP contribution in [0.25, 0.3) is 11.3 Å². The Morgan fingerprint density at radius 3 is 2.59 bits per heavy atom. The largest absolute Gasteiger partial charge is 0.451 e. The fourth-order valence-electron chi connectivity index (χ4n) is 4.18. The summed E-state index contributed by atoms with van der Waals surface area (Å²) in [6.45, 7) is 5.25. The average molecular weight is 461 g/mol. The van der Waals surface area contributed by atoms with E-state index in [-0.39, 0.29) is 29.3 Å². The number of aryl methyl sites for hydroxylation is 1. The van der Waals surface area contributed by atoms with Gasteiger partial charge in [0.1, 0.15) is 11.4 Å². The van der Waals surface area contributed by atoms with Crippen LogP contribution in [-0.2, 0) is 11.2 Å². The van der Waals surface area contributed by atoms with Crippen molar-refractivity contribution in [3.05, 3.63) is 70.8 Å². The number of hydrogen-bond donors (Lipinski definition) is 1. The van der Waals surface area contributed by atoms with E-state index in [4.69, 9.17) is 4.42 Å². The molecule has 2 aromatic carbocycles. The molecule has 2 heterocycles. The molecule has 3 aromatic rings. The number of benzene rings is 2. The van der Waals surface area contributed by atoms with Crippen LogP contribution in [0, 0.1) is 4.91 Å². The van der Waals surface area contributed by atoms with Crippen molar-refractivity contribution < 1.29 is 14.0 Å². The van der Waals surface area contributed by atoms with Gasteiger partial charge in [0.25, 0.3) is 5.91 Å². The van der Waals surface area contributed by atoms with Gasteiger partial charge in [-0.25, -0.2) is 0 Å². The first-order chi connectivity index (χ1) is 16.4. The number of nitrogens with zero attached hydrogens (tertiary/aromatic N) is 3. The number of likely N-dealkylation sites (N-methyl/N-ethyl adjacent to an activating group) is 1. The minimum absolute atomic E-state index is 0.0719. The Morgan fingerprint density at radius 1 is 1.15 bits per heavy atom. The number of anilines is 2. The summed E-state index contributed by atoms with van der Waals surface area (Å²) in [6, 6.07) is 16.5. The van der Waals surface area contributed by atoms with Gasteiger partial charge in [0, 0.05) is 44.0 Å². The first-order valence-electron chi connectivity index (χ1n) is 11.4. The molecule has 34 heavy (non-hydrogen) atoms. The van der Waals surface area contributed by atoms with Crippen molar-refractivity contribution in [2.45, 2.75) is 32.7 Å². The van der Waals surface area contributed by atoms with E-state index in [0.29, 0.717) is 17.0 Å². The van der Waals surface area contributed by atoms with Gasteiger partial charge >= 0.3 is 0 Å². The minimum Gasteiger partial charge on any atom is -0.451 e. The van der Waals surface area contributed by atoms with Crippen molar-refractivity contribution in [3.63, 3.8) is 0 Å². The molecule has 0 radical (unpaired) electrons. The van der Waals surface area contributed by atoms with Gasteiger partial charge in [0.2, 0.25) is 5.91 Å². The second-order valence-electron chi connectivity index (χ2n) is 8.48. The highest BCUT2D eigenvalue weighted by atomic mass is 16.4. The van der Waals surface area contributed by atoms with E-state index in [0.717, 1.165) is 37.2 Å². The van der Waals surface area contributed by atoms with Crippen LogP contribution < -0.4 is 10.2 Å². The lowest BCUT2D eigenvalue weighted by Crippen LogP contribution is -2.37. The summed E-state index contributed by atoms with van der Waals surface area (Å²) in [7, 11) is 1.84. The molecule has 1 atom stereocenters. The smallest absolute Gasteiger partial charge is 0.291 e. The van der Waals surface area contributed by atoms with Gasteiger partial charge in [-0.3, -0.25) is 9.59 Å². The molecule has 1 aliphatic rings. The Kier molecular flexibility index (Phi) is 6.77. The predicted molar refractivity (Wildman–Crippen MR) is 132 cm³/mol. The molecule has 8 nitrogen and oxygen atoms in total. The summed E-state index contributed by atoms with van der Waals surface area (Å²) in [5, 5.41) is 5.95. The number of nitroso groups, excluding NO2 is 1. The van der Waals surface area contributed by atoms with E-state index in [1.807, 2.05) is 44.3 Å². The van der Waals surface area contributed by atoms with E-state index in [2.05, 4.69) is 15.4 Å². The molecule has 4 rings (SSSR count). The van der Waals surface area contributed by atoms with E-state index in [1.165, 1.54) is 0 Å². The van der Waals surface area contributed by atoms with Crippen LogP contribution in [0.1, 0.15) is 36.4 Å². The van der Waals surface area contributed by atoms with Crippen LogP contribution in [0.2, 0.25) is 0 Å². The van der Waals surface area contributed by atoms with Crippen molar-refractivity contribution in [3.8, 4) is 11.3 Å². The normalized spacial score (nSPS) is 15.3. The van der Waals surface area contributed by atoms with E-state index >= 15 is 0 Å². The van der Waals surface area contributed by atoms with Crippen molar-refractivity contribution in [1.29, 1.82) is 0 Å². The number of furan rings is 1. The van der Waals surface area contributed by atoms with Crippen LogP contribution in [-0.4, -0.2) is 42.9 Å². The van der Waals surface area contributed by atoms with Crippen LogP contribution in [0.15, 0.2) is 64.2 Å². The van der Waals surface area contributed by atoms with Gasteiger partial charge in [-0.15, -0.1) is 4.91 Å². The van der Waals surface area contributed by atoms with Crippen molar-refractivity contribution in [1.82, 2.24) is 4.90 Å². The highest BCUT2D eigenvalue weighted by Crippen LogP contribution is 2.33. The van der Waals surface area contributed by atoms with Crippen LogP contribution in [0.5, 0.6) is 0 Å². The second-order valence-corrected chi connectivity index (χ2v) is 8.48. The minimum atomic E-state index is -0.380. The van der Waals surface area contributed by atoms with Crippen molar-refractivity contribution in [2.75, 3.05) is 30.4 Å². The summed E-state index contributed by atoms with van der Waals surface area (Å²) in [4.78, 5) is 39.6. The highest BCUT2D eigenvalue weighted by molar-refractivity contribution is 6.02. The Labute approximate surface area is 198 Å². The van der Waals surface area contributed by atoms with Gasteiger partial charge in [-0.2, -0.15) is 0 Å². The van der Waals surface area contributed by atoms with Crippen molar-refractivity contribution >= 4 is 28.9 Å². The molecule has 0 bridgehead atoms. The molecule has 8 heteroatoms. The molecule has 1 fully saturated rings. The Balaban J connectivity index is 1.41. The van der Waals surface area contributed by atoms with Gasteiger partial charge in [-0.1, -0.05) is 13.0 Å². The summed E-state index contributed by atoms with van der Waals surface area (Å²) in [5.41, 5.74) is 3.53. The SMILES string of the molecule is CCc1ccc(-c2ccc(C(=O)Nc3ccc(N4CCC(N(C)C(C)=O)C4)cc3)o2)c(N=O)c1. The molecule has 0 spiro atoms. The molecule has 2 amide bonds. The zero-order valence-corrected chi connectivity index (χ0v) is 19.6. The molecule has 1 aromatic heterocycles. The molecule has 1 N–H and O–H groups in total. The maximum absolute atomic E-state index is 12.7. The van der Waals surface area contributed by atoms with Crippen LogP contribution in [0.3, 0.4) is 0 Å². The number of nitrogens with one attached hydrogen (secondary N) is 1. The molecule has 0 saturated carbocycles. The lowest BCUT2D eigenvalue weighted by Gasteiger charge is -2.24. The monoisotopic (exact) mass is 460 g/mol. The lowest BCUT2D eigenvalue weighted by molar-refractivity contribution is -0.129. The predicted octanol–water partition coefficient (Wildman–Crippen LogP) is 5.22. The standard InChI is InChI=1S/C26H28N4O4/c1-4-18-5-10-22(23(15-18)28-33)24-11-12-25(34-24)26(32)27-19-6-8-20(9-7-19)30-14-13-21(16-30)29(3)17(2)31/h5-12,15,21H,4,13-14,16H2,1-3H3,(H,27,32). The summed E-state index contributed by atoms with van der Waals surface area (Å²) >= 11 is 0. The number of hydrogen-bond acceptors (Lipinski definition) is 6. The molecular formula is C26H28N4O4. The number of rotatable bonds is 7. The first-order valence-corrected chi connectivity index (χ1v) is 11.4. The fraction of sp³-hybridized carbons (Fsp3) is 0.308. The molecular weight excluding hydrogens is 432 g/mol. The average Bonchev–Trinajstić information content (AvgIpc) is 3.54. The highest BCUT2D eigenvalue weighted by Gasteiger charge is 2.27. The second kappa shape index (κ2) is 9.91. The van der Waals surface area contributed by atoms with Gasteiger partial charge in [0.05, 0.1) is 6.04 Å². The van der Waals surface area contributed by atoms with Crippen LogP contribution >= 0.6 is 0 Å². The third-order valence-electron chi connectivity index (χ3n) is 6.36. The van der Waals surface area contributed by atoms with E-state index in [1.54, 1.807) is 36.1 Å². The van der Waals surface area contributed by atoms with Gasteiger partial charge in [-0.05, 0) is 72.1 Å². The lowest BCUT2D eigenvalue weighted by atomic mass is 10.1. The maximum atomic E-state index is 12.7. The van der Waals surface area contributed by atoms with Gasteiger partial charge < -0.3 is 19.5 Å². The molecule has 1 unspecified atom stereocenters. The zero-order chi connectivity index (χ0) is 24.2. The number of carbonyl (C=O) groups excluding carboxylic acids is 2.